The first kappa shape index (κ1) is 27.1. The minimum absolute atomic E-state index is 0.00713. The van der Waals surface area contributed by atoms with Gasteiger partial charge in [0, 0.05) is 22.6 Å². The van der Waals surface area contributed by atoms with E-state index in [0.717, 1.165) is 11.6 Å². The lowest BCUT2D eigenvalue weighted by Crippen LogP contribution is -2.38. The Labute approximate surface area is 236 Å². The van der Waals surface area contributed by atoms with Gasteiger partial charge in [0.1, 0.15) is 23.3 Å². The van der Waals surface area contributed by atoms with Crippen LogP contribution in [0.3, 0.4) is 0 Å². The van der Waals surface area contributed by atoms with Crippen LogP contribution in [0.5, 0.6) is 23.0 Å². The molecule has 41 heavy (non-hydrogen) atoms. The summed E-state index contributed by atoms with van der Waals surface area (Å²) in [5.41, 5.74) is 1.10. The first-order chi connectivity index (χ1) is 19.6. The third-order valence-corrected chi connectivity index (χ3v) is 7.56. The number of aliphatic hydroxyl groups excluding tert-OH is 1. The van der Waals surface area contributed by atoms with Gasteiger partial charge in [-0.3, -0.25) is 4.79 Å². The molecule has 1 N–H and O–H groups in total. The minimum Gasteiger partial charge on any atom is -0.455 e. The van der Waals surface area contributed by atoms with E-state index in [1.54, 1.807) is 36.4 Å². The number of ether oxygens (including phenoxy) is 4. The van der Waals surface area contributed by atoms with Crippen molar-refractivity contribution in [2.24, 2.45) is 0 Å². The second-order valence-corrected chi connectivity index (χ2v) is 9.96. The molecule has 0 radical (unpaired) electrons. The summed E-state index contributed by atoms with van der Waals surface area (Å²) < 4.78 is 62.3. The van der Waals surface area contributed by atoms with Gasteiger partial charge in [0.15, 0.2) is 17.1 Å². The SMILES string of the molecule is Cc1ccccc1C1(OCO)c2cc3c(c(Cl)c2Oc2cc(OC(=O)C(F)(F)F)c4ccccc4c21)OC(=O)CC3. The fourth-order valence-electron chi connectivity index (χ4n) is 5.55. The zero-order chi connectivity index (χ0) is 29.1. The van der Waals surface area contributed by atoms with Gasteiger partial charge in [-0.15, -0.1) is 0 Å². The van der Waals surface area contributed by atoms with Crippen molar-refractivity contribution < 1.29 is 46.8 Å². The average Bonchev–Trinajstić information content (AvgIpc) is 2.94. The number of hydrogen-bond donors (Lipinski definition) is 1. The zero-order valence-corrected chi connectivity index (χ0v) is 22.1. The summed E-state index contributed by atoms with van der Waals surface area (Å²) in [6, 6.07) is 16.5. The Kier molecular flexibility index (Phi) is 6.44. The number of fused-ring (bicyclic) bond motifs is 5. The molecule has 1 atom stereocenters. The van der Waals surface area contributed by atoms with Crippen molar-refractivity contribution in [3.05, 3.63) is 93.5 Å². The molecule has 11 heteroatoms. The van der Waals surface area contributed by atoms with Crippen LogP contribution in [0.2, 0.25) is 5.02 Å². The Hall–Kier alpha value is -4.12. The quantitative estimate of drug-likeness (QED) is 0.167. The predicted molar refractivity (Wildman–Crippen MR) is 140 cm³/mol. The molecule has 0 aliphatic carbocycles. The van der Waals surface area contributed by atoms with Crippen LogP contribution in [0, 0.1) is 6.92 Å². The number of alkyl halides is 3. The van der Waals surface area contributed by atoms with Crippen molar-refractivity contribution in [1.29, 1.82) is 0 Å². The first-order valence-corrected chi connectivity index (χ1v) is 12.8. The third kappa shape index (κ3) is 4.21. The van der Waals surface area contributed by atoms with Crippen molar-refractivity contribution in [3.63, 3.8) is 0 Å². The van der Waals surface area contributed by atoms with Crippen LogP contribution >= 0.6 is 11.6 Å². The number of benzene rings is 4. The molecule has 0 saturated carbocycles. The molecule has 2 aliphatic heterocycles. The Morgan fingerprint density at radius 2 is 1.71 bits per heavy atom. The molecule has 0 amide bonds. The molecule has 2 aliphatic rings. The van der Waals surface area contributed by atoms with Gasteiger partial charge >= 0.3 is 18.1 Å². The van der Waals surface area contributed by atoms with Crippen molar-refractivity contribution >= 4 is 34.3 Å². The molecule has 210 valence electrons. The van der Waals surface area contributed by atoms with E-state index in [4.69, 9.17) is 30.5 Å². The van der Waals surface area contributed by atoms with Gasteiger partial charge in [0.05, 0.1) is 6.42 Å². The molecule has 0 aromatic heterocycles. The van der Waals surface area contributed by atoms with Crippen LogP contribution in [0.15, 0.2) is 60.7 Å². The average molecular weight is 585 g/mol. The number of aliphatic hydroxyl groups is 1. The summed E-state index contributed by atoms with van der Waals surface area (Å²) in [5.74, 6) is -3.24. The third-order valence-electron chi connectivity index (χ3n) is 7.22. The van der Waals surface area contributed by atoms with Crippen molar-refractivity contribution in [2.75, 3.05) is 6.79 Å². The highest BCUT2D eigenvalue weighted by Gasteiger charge is 2.50. The summed E-state index contributed by atoms with van der Waals surface area (Å²) in [4.78, 5) is 24.0. The van der Waals surface area contributed by atoms with E-state index in [-0.39, 0.29) is 34.1 Å². The molecule has 7 nitrogen and oxygen atoms in total. The van der Waals surface area contributed by atoms with Gasteiger partial charge in [0.2, 0.25) is 0 Å². The molecule has 4 aromatic rings. The van der Waals surface area contributed by atoms with Crippen LogP contribution in [0.4, 0.5) is 13.2 Å². The van der Waals surface area contributed by atoms with Gasteiger partial charge in [-0.25, -0.2) is 4.79 Å². The smallest absolute Gasteiger partial charge is 0.455 e. The van der Waals surface area contributed by atoms with E-state index >= 15 is 0 Å². The summed E-state index contributed by atoms with van der Waals surface area (Å²) >= 11 is 6.78. The van der Waals surface area contributed by atoms with Gasteiger partial charge < -0.3 is 24.1 Å². The summed E-state index contributed by atoms with van der Waals surface area (Å²) in [6.07, 6.45) is -4.81. The van der Waals surface area contributed by atoms with E-state index in [0.29, 0.717) is 34.1 Å². The van der Waals surface area contributed by atoms with E-state index < -0.39 is 36.3 Å². The van der Waals surface area contributed by atoms with Crippen LogP contribution in [0.1, 0.15) is 34.2 Å². The molecule has 4 aromatic carbocycles. The number of halogens is 4. The monoisotopic (exact) mass is 584 g/mol. The lowest BCUT2D eigenvalue weighted by atomic mass is 9.73. The molecule has 1 unspecified atom stereocenters. The van der Waals surface area contributed by atoms with Gasteiger partial charge in [-0.1, -0.05) is 60.1 Å². The van der Waals surface area contributed by atoms with E-state index in [9.17, 15) is 27.9 Å². The molecule has 2 heterocycles. The van der Waals surface area contributed by atoms with Crippen LogP contribution in [-0.2, 0) is 26.3 Å². The number of aryl methyl sites for hydroxylation is 2. The Balaban J connectivity index is 1.74. The Morgan fingerprint density at radius 3 is 2.41 bits per heavy atom. The Bertz CT molecular complexity index is 1750. The number of rotatable bonds is 4. The fraction of sp³-hybridized carbons (Fsp3) is 0.200. The highest BCUT2D eigenvalue weighted by Crippen LogP contribution is 2.60. The standard InChI is InChI=1S/C30H20ClF3O7/c1-15-6-2-5-9-19(15)29(38-14-35)20-12-16-10-11-23(36)41-26(16)25(31)27(20)39-22-13-21(40-28(37)30(32,33)34)17-7-3-4-8-18(17)24(22)29/h2-9,12-13,35H,10-11,14H2,1H3. The maximum atomic E-state index is 13.2. The topological polar surface area (TPSA) is 91.3 Å². The van der Waals surface area contributed by atoms with Crippen LogP contribution < -0.4 is 14.2 Å². The summed E-state index contributed by atoms with van der Waals surface area (Å²) in [5, 5.41) is 10.8. The summed E-state index contributed by atoms with van der Waals surface area (Å²) in [7, 11) is 0. The minimum atomic E-state index is -5.25. The molecule has 0 fully saturated rings. The van der Waals surface area contributed by atoms with E-state index in [1.165, 1.54) is 6.07 Å². The number of carbonyl (C=O) groups is 2. The number of carbonyl (C=O) groups excluding carboxylic acids is 2. The van der Waals surface area contributed by atoms with Crippen molar-refractivity contribution in [1.82, 2.24) is 0 Å². The van der Waals surface area contributed by atoms with Gasteiger partial charge in [0.25, 0.3) is 0 Å². The van der Waals surface area contributed by atoms with E-state index in [2.05, 4.69) is 0 Å². The molecule has 0 saturated heterocycles. The van der Waals surface area contributed by atoms with Gasteiger partial charge in [-0.2, -0.15) is 13.2 Å². The molecule has 0 spiro atoms. The van der Waals surface area contributed by atoms with Gasteiger partial charge in [-0.05, 0) is 41.5 Å². The maximum absolute atomic E-state index is 13.2. The van der Waals surface area contributed by atoms with Crippen LogP contribution in [-0.4, -0.2) is 30.0 Å². The lowest BCUT2D eigenvalue weighted by Gasteiger charge is -2.42. The molecular formula is C30H20ClF3O7. The largest absolute Gasteiger partial charge is 0.491 e. The normalized spacial score (nSPS) is 17.7. The van der Waals surface area contributed by atoms with Crippen molar-refractivity contribution in [3.8, 4) is 23.0 Å². The molecule has 6 rings (SSSR count). The lowest BCUT2D eigenvalue weighted by molar-refractivity contribution is -0.189. The highest BCUT2D eigenvalue weighted by molar-refractivity contribution is 6.34. The molecule has 0 bridgehead atoms. The Morgan fingerprint density at radius 1 is 1.00 bits per heavy atom. The first-order valence-electron chi connectivity index (χ1n) is 12.5. The second kappa shape index (κ2) is 9.76. The summed E-state index contributed by atoms with van der Waals surface area (Å²) in [6.45, 7) is 1.08. The fourth-order valence-corrected chi connectivity index (χ4v) is 5.85. The van der Waals surface area contributed by atoms with Crippen LogP contribution in [0.25, 0.3) is 10.8 Å². The predicted octanol–water partition coefficient (Wildman–Crippen LogP) is 6.48. The second-order valence-electron chi connectivity index (χ2n) is 9.58. The number of esters is 2. The van der Waals surface area contributed by atoms with E-state index in [1.807, 2.05) is 19.1 Å². The van der Waals surface area contributed by atoms with Crippen molar-refractivity contribution in [2.45, 2.75) is 31.5 Å². The molecular weight excluding hydrogens is 565 g/mol. The number of hydrogen-bond acceptors (Lipinski definition) is 7. The maximum Gasteiger partial charge on any atom is 0.491 e. The highest BCUT2D eigenvalue weighted by atomic mass is 35.5. The zero-order valence-electron chi connectivity index (χ0n) is 21.3.